The zero-order valence-corrected chi connectivity index (χ0v) is 18.4. The minimum absolute atomic E-state index is 0.484. The van der Waals surface area contributed by atoms with Crippen molar-refractivity contribution in [3.8, 4) is 22.6 Å². The van der Waals surface area contributed by atoms with Crippen molar-refractivity contribution in [2.75, 3.05) is 7.11 Å². The average molecular weight is 445 g/mol. The lowest BCUT2D eigenvalue weighted by atomic mass is 10.1. The van der Waals surface area contributed by atoms with E-state index < -0.39 is 11.6 Å². The second-order valence-corrected chi connectivity index (χ2v) is 7.96. The third kappa shape index (κ3) is 3.95. The number of rotatable bonds is 5. The predicted molar refractivity (Wildman–Crippen MR) is 121 cm³/mol. The Morgan fingerprint density at radius 2 is 1.82 bits per heavy atom. The SMILES string of the molecule is COc1cc(Cc2nc3c(-c4ccc(F)c(F)c4)cc(C)cn3n2)ccc1-n1cnc(C)c1. The number of benzene rings is 2. The summed E-state index contributed by atoms with van der Waals surface area (Å²) < 4.78 is 36.5. The molecular formula is C25H21F2N5O. The normalized spacial score (nSPS) is 11.3. The summed E-state index contributed by atoms with van der Waals surface area (Å²) in [5.41, 5.74) is 5.54. The van der Waals surface area contributed by atoms with Crippen LogP contribution < -0.4 is 4.74 Å². The summed E-state index contributed by atoms with van der Waals surface area (Å²) in [7, 11) is 1.63. The summed E-state index contributed by atoms with van der Waals surface area (Å²) in [5.74, 6) is -0.454. The molecule has 0 aliphatic rings. The third-order valence-electron chi connectivity index (χ3n) is 5.44. The summed E-state index contributed by atoms with van der Waals surface area (Å²) in [4.78, 5) is 8.97. The first-order valence-electron chi connectivity index (χ1n) is 10.4. The van der Waals surface area contributed by atoms with Crippen LogP contribution in [-0.2, 0) is 6.42 Å². The van der Waals surface area contributed by atoms with Gasteiger partial charge in [-0.05, 0) is 60.9 Å². The molecule has 3 heterocycles. The van der Waals surface area contributed by atoms with Gasteiger partial charge in [-0.1, -0.05) is 12.1 Å². The molecule has 8 heteroatoms. The maximum Gasteiger partial charge on any atom is 0.163 e. The molecule has 0 N–H and O–H groups in total. The van der Waals surface area contributed by atoms with E-state index in [1.165, 1.54) is 6.07 Å². The standard InChI is InChI=1S/C25H21F2N5O/c1-15-8-19(18-5-6-20(26)21(27)11-18)25-29-24(30-32(25)12-15)10-17-4-7-22(23(9-17)33-3)31-13-16(2)28-14-31/h4-9,11-14H,10H2,1-3H3. The van der Waals surface area contributed by atoms with Crippen LogP contribution in [0, 0.1) is 25.5 Å². The number of pyridine rings is 1. The van der Waals surface area contributed by atoms with Crippen molar-refractivity contribution in [2.24, 2.45) is 0 Å². The van der Waals surface area contributed by atoms with E-state index in [9.17, 15) is 8.78 Å². The van der Waals surface area contributed by atoms with Gasteiger partial charge in [0.2, 0.25) is 0 Å². The molecule has 0 atom stereocenters. The largest absolute Gasteiger partial charge is 0.495 e. The molecule has 0 saturated carbocycles. The fourth-order valence-corrected chi connectivity index (χ4v) is 3.90. The molecule has 33 heavy (non-hydrogen) atoms. The van der Waals surface area contributed by atoms with Crippen LogP contribution in [0.25, 0.3) is 22.5 Å². The summed E-state index contributed by atoms with van der Waals surface area (Å²) in [6, 6.07) is 11.7. The van der Waals surface area contributed by atoms with Gasteiger partial charge in [0.1, 0.15) is 5.75 Å². The smallest absolute Gasteiger partial charge is 0.163 e. The Balaban J connectivity index is 1.52. The van der Waals surface area contributed by atoms with Crippen LogP contribution in [0.15, 0.2) is 61.2 Å². The van der Waals surface area contributed by atoms with E-state index in [1.54, 1.807) is 24.0 Å². The molecule has 0 radical (unpaired) electrons. The van der Waals surface area contributed by atoms with Gasteiger partial charge >= 0.3 is 0 Å². The monoisotopic (exact) mass is 445 g/mol. The number of hydrogen-bond donors (Lipinski definition) is 0. The van der Waals surface area contributed by atoms with E-state index in [0.29, 0.717) is 34.8 Å². The molecule has 0 aliphatic carbocycles. The first-order chi connectivity index (χ1) is 15.9. The van der Waals surface area contributed by atoms with E-state index >= 15 is 0 Å². The van der Waals surface area contributed by atoms with Gasteiger partial charge in [0.05, 0.1) is 24.8 Å². The molecule has 166 valence electrons. The molecule has 0 fully saturated rings. The summed E-state index contributed by atoms with van der Waals surface area (Å²) in [5, 5.41) is 4.62. The highest BCUT2D eigenvalue weighted by Gasteiger charge is 2.14. The molecule has 2 aromatic carbocycles. The quantitative estimate of drug-likeness (QED) is 0.379. The third-order valence-corrected chi connectivity index (χ3v) is 5.44. The number of ether oxygens (including phenoxy) is 1. The molecule has 0 aliphatic heterocycles. The number of hydrogen-bond acceptors (Lipinski definition) is 4. The Kier molecular flexibility index (Phi) is 5.12. The predicted octanol–water partition coefficient (Wildman–Crippen LogP) is 5.08. The maximum absolute atomic E-state index is 13.9. The van der Waals surface area contributed by atoms with Crippen molar-refractivity contribution in [1.29, 1.82) is 0 Å². The average Bonchev–Trinajstić information content (AvgIpc) is 3.40. The fourth-order valence-electron chi connectivity index (χ4n) is 3.90. The minimum atomic E-state index is -0.896. The fraction of sp³-hybridized carbons (Fsp3) is 0.160. The lowest BCUT2D eigenvalue weighted by Gasteiger charge is -2.10. The van der Waals surface area contributed by atoms with Gasteiger partial charge in [-0.15, -0.1) is 0 Å². The number of aromatic nitrogens is 5. The number of halogens is 2. The molecule has 3 aromatic heterocycles. The molecule has 0 spiro atoms. The number of nitrogens with zero attached hydrogens (tertiary/aromatic N) is 5. The molecule has 0 saturated heterocycles. The Hall–Kier alpha value is -4.07. The van der Waals surface area contributed by atoms with Crippen LogP contribution in [0.5, 0.6) is 5.75 Å². The van der Waals surface area contributed by atoms with E-state index in [1.807, 2.05) is 55.1 Å². The number of aryl methyl sites for hydroxylation is 2. The topological polar surface area (TPSA) is 57.2 Å². The van der Waals surface area contributed by atoms with Crippen LogP contribution in [0.4, 0.5) is 8.78 Å². The van der Waals surface area contributed by atoms with Crippen molar-refractivity contribution in [2.45, 2.75) is 20.3 Å². The van der Waals surface area contributed by atoms with Gasteiger partial charge in [-0.3, -0.25) is 0 Å². The molecule has 0 unspecified atom stereocenters. The number of methoxy groups -OCH3 is 1. The van der Waals surface area contributed by atoms with Gasteiger partial charge in [-0.2, -0.15) is 5.10 Å². The maximum atomic E-state index is 13.9. The van der Waals surface area contributed by atoms with Crippen molar-refractivity contribution in [3.05, 3.63) is 95.5 Å². The van der Waals surface area contributed by atoms with Crippen LogP contribution in [0.2, 0.25) is 0 Å². The van der Waals surface area contributed by atoms with Gasteiger partial charge in [-0.25, -0.2) is 23.3 Å². The van der Waals surface area contributed by atoms with Crippen molar-refractivity contribution in [3.63, 3.8) is 0 Å². The highest BCUT2D eigenvalue weighted by Crippen LogP contribution is 2.28. The zero-order valence-electron chi connectivity index (χ0n) is 18.4. The van der Waals surface area contributed by atoms with Crippen LogP contribution >= 0.6 is 0 Å². The summed E-state index contributed by atoms with van der Waals surface area (Å²) in [6.07, 6.45) is 6.03. The molecular weight excluding hydrogens is 424 g/mol. The van der Waals surface area contributed by atoms with Gasteiger partial charge in [0.15, 0.2) is 23.1 Å². The molecule has 6 nitrogen and oxygen atoms in total. The lowest BCUT2D eigenvalue weighted by molar-refractivity contribution is 0.412. The molecule has 0 amide bonds. The van der Waals surface area contributed by atoms with Crippen LogP contribution in [0.3, 0.4) is 0 Å². The molecule has 5 aromatic rings. The Bertz CT molecular complexity index is 1490. The first kappa shape index (κ1) is 20.8. The lowest BCUT2D eigenvalue weighted by Crippen LogP contribution is -1.98. The van der Waals surface area contributed by atoms with Crippen molar-refractivity contribution >= 4 is 5.65 Å². The number of imidazole rings is 1. The van der Waals surface area contributed by atoms with E-state index in [2.05, 4.69) is 10.1 Å². The first-order valence-corrected chi connectivity index (χ1v) is 10.4. The molecule has 0 bridgehead atoms. The zero-order chi connectivity index (χ0) is 23.1. The summed E-state index contributed by atoms with van der Waals surface area (Å²) in [6.45, 7) is 3.86. The summed E-state index contributed by atoms with van der Waals surface area (Å²) >= 11 is 0. The van der Waals surface area contributed by atoms with E-state index in [4.69, 9.17) is 9.72 Å². The Morgan fingerprint density at radius 3 is 2.55 bits per heavy atom. The van der Waals surface area contributed by atoms with E-state index in [0.717, 1.165) is 28.6 Å². The second kappa shape index (κ2) is 8.12. The van der Waals surface area contributed by atoms with Crippen LogP contribution in [0.1, 0.15) is 22.6 Å². The molecule has 5 rings (SSSR count). The highest BCUT2D eigenvalue weighted by atomic mass is 19.2. The van der Waals surface area contributed by atoms with Crippen molar-refractivity contribution in [1.82, 2.24) is 24.1 Å². The van der Waals surface area contributed by atoms with Crippen molar-refractivity contribution < 1.29 is 13.5 Å². The van der Waals surface area contributed by atoms with E-state index in [-0.39, 0.29) is 0 Å². The van der Waals surface area contributed by atoms with Gasteiger partial charge in [0, 0.05) is 24.4 Å². The Morgan fingerprint density at radius 1 is 0.970 bits per heavy atom. The highest BCUT2D eigenvalue weighted by molar-refractivity contribution is 5.77. The minimum Gasteiger partial charge on any atom is -0.495 e. The number of fused-ring (bicyclic) bond motifs is 1. The van der Waals surface area contributed by atoms with Crippen LogP contribution in [-0.4, -0.2) is 31.3 Å². The Labute approximate surface area is 189 Å². The van der Waals surface area contributed by atoms with Gasteiger partial charge in [0.25, 0.3) is 0 Å². The van der Waals surface area contributed by atoms with Gasteiger partial charge < -0.3 is 9.30 Å². The second-order valence-electron chi connectivity index (χ2n) is 7.96.